The normalized spacial score (nSPS) is 12.0. The third-order valence-electron chi connectivity index (χ3n) is 4.92. The van der Waals surface area contributed by atoms with Gasteiger partial charge in [-0.15, -0.1) is 0 Å². The molecular formula is C21H14ClF3N2O2. The second kappa shape index (κ2) is 6.77. The summed E-state index contributed by atoms with van der Waals surface area (Å²) in [7, 11) is 0. The Hall–Kier alpha value is -3.06. The molecule has 2 aromatic carbocycles. The molecule has 0 radical (unpaired) electrons. The summed E-state index contributed by atoms with van der Waals surface area (Å²) < 4.78 is 42.0. The van der Waals surface area contributed by atoms with Crippen LogP contribution in [0.3, 0.4) is 0 Å². The third-order valence-corrected chi connectivity index (χ3v) is 5.16. The Bertz CT molecular complexity index is 1280. The molecule has 0 bridgehead atoms. The Morgan fingerprint density at radius 2 is 1.93 bits per heavy atom. The molecule has 8 heteroatoms. The summed E-state index contributed by atoms with van der Waals surface area (Å²) in [5, 5.41) is 10.7. The fraction of sp³-hybridized carbons (Fsp3) is 0.143. The van der Waals surface area contributed by atoms with Gasteiger partial charge in [0.2, 0.25) is 0 Å². The van der Waals surface area contributed by atoms with E-state index in [9.17, 15) is 23.1 Å². The summed E-state index contributed by atoms with van der Waals surface area (Å²) >= 11 is 6.16. The summed E-state index contributed by atoms with van der Waals surface area (Å²) in [5.41, 5.74) is 1.46. The van der Waals surface area contributed by atoms with Crippen LogP contribution in [-0.2, 0) is 17.5 Å². The fourth-order valence-electron chi connectivity index (χ4n) is 3.76. The van der Waals surface area contributed by atoms with E-state index in [1.165, 1.54) is 12.3 Å². The van der Waals surface area contributed by atoms with Crippen molar-refractivity contribution in [1.29, 1.82) is 0 Å². The van der Waals surface area contributed by atoms with Crippen LogP contribution in [0, 0.1) is 6.92 Å². The van der Waals surface area contributed by atoms with E-state index in [-0.39, 0.29) is 12.1 Å². The maximum absolute atomic E-state index is 13.5. The number of hydrogen-bond acceptors (Lipinski definition) is 2. The van der Waals surface area contributed by atoms with Crippen LogP contribution >= 0.6 is 11.6 Å². The Labute approximate surface area is 168 Å². The van der Waals surface area contributed by atoms with Crippen molar-refractivity contribution in [3.8, 4) is 11.1 Å². The number of carboxylic acid groups (broad SMARTS) is 1. The Morgan fingerprint density at radius 3 is 2.62 bits per heavy atom. The van der Waals surface area contributed by atoms with Crippen molar-refractivity contribution >= 4 is 39.4 Å². The molecule has 29 heavy (non-hydrogen) atoms. The second-order valence-electron chi connectivity index (χ2n) is 6.66. The number of aromatic nitrogens is 2. The number of benzene rings is 2. The highest BCUT2D eigenvalue weighted by Gasteiger charge is 2.33. The second-order valence-corrected chi connectivity index (χ2v) is 7.10. The van der Waals surface area contributed by atoms with Crippen molar-refractivity contribution in [2.24, 2.45) is 0 Å². The van der Waals surface area contributed by atoms with Gasteiger partial charge in [0, 0.05) is 38.8 Å². The number of hydrogen-bond donors (Lipinski definition) is 1. The monoisotopic (exact) mass is 418 g/mol. The zero-order valence-electron chi connectivity index (χ0n) is 15.1. The molecule has 0 unspecified atom stereocenters. The third kappa shape index (κ3) is 3.21. The quantitative estimate of drug-likeness (QED) is 0.449. The van der Waals surface area contributed by atoms with Gasteiger partial charge in [-0.25, -0.2) is 0 Å². The van der Waals surface area contributed by atoms with E-state index in [2.05, 4.69) is 4.98 Å². The fourth-order valence-corrected chi connectivity index (χ4v) is 3.93. The van der Waals surface area contributed by atoms with Crippen molar-refractivity contribution in [2.45, 2.75) is 19.6 Å². The van der Waals surface area contributed by atoms with Crippen LogP contribution in [0.4, 0.5) is 13.2 Å². The van der Waals surface area contributed by atoms with E-state index >= 15 is 0 Å². The SMILES string of the molecule is Cc1c(-c2ccnc3c(C(F)(F)F)cccc23)c2cc(Cl)ccc2n1CC(=O)O. The first kappa shape index (κ1) is 19.3. The summed E-state index contributed by atoms with van der Waals surface area (Å²) in [4.78, 5) is 15.3. The molecule has 4 aromatic rings. The van der Waals surface area contributed by atoms with E-state index in [4.69, 9.17) is 11.6 Å². The number of aliphatic carboxylic acids is 1. The van der Waals surface area contributed by atoms with Gasteiger partial charge in [0.05, 0.1) is 11.1 Å². The summed E-state index contributed by atoms with van der Waals surface area (Å²) in [6.45, 7) is 1.47. The van der Waals surface area contributed by atoms with Crippen LogP contribution in [0.5, 0.6) is 0 Å². The topological polar surface area (TPSA) is 55.1 Å². The number of alkyl halides is 3. The largest absolute Gasteiger partial charge is 0.480 e. The van der Waals surface area contributed by atoms with Crippen LogP contribution in [0.2, 0.25) is 5.02 Å². The number of pyridine rings is 1. The minimum absolute atomic E-state index is 0.155. The lowest BCUT2D eigenvalue weighted by Gasteiger charge is -2.13. The number of carboxylic acids is 1. The van der Waals surface area contributed by atoms with E-state index in [0.717, 1.165) is 6.07 Å². The number of halogens is 4. The van der Waals surface area contributed by atoms with Gasteiger partial charge in [0.25, 0.3) is 0 Å². The Kier molecular flexibility index (Phi) is 4.50. The molecule has 148 valence electrons. The number of nitrogens with zero attached hydrogens (tertiary/aromatic N) is 2. The minimum Gasteiger partial charge on any atom is -0.480 e. The lowest BCUT2D eigenvalue weighted by molar-refractivity contribution is -0.138. The molecule has 0 aliphatic carbocycles. The van der Waals surface area contributed by atoms with E-state index < -0.39 is 17.7 Å². The van der Waals surface area contributed by atoms with Crippen LogP contribution < -0.4 is 0 Å². The average molecular weight is 419 g/mol. The highest BCUT2D eigenvalue weighted by atomic mass is 35.5. The van der Waals surface area contributed by atoms with Gasteiger partial charge < -0.3 is 9.67 Å². The van der Waals surface area contributed by atoms with Crippen LogP contribution in [0.25, 0.3) is 32.9 Å². The van der Waals surface area contributed by atoms with Crippen LogP contribution in [-0.4, -0.2) is 20.6 Å². The van der Waals surface area contributed by atoms with Gasteiger partial charge in [-0.05, 0) is 42.8 Å². The van der Waals surface area contributed by atoms with E-state index in [1.54, 1.807) is 41.8 Å². The van der Waals surface area contributed by atoms with Gasteiger partial charge in [0.15, 0.2) is 0 Å². The molecule has 0 atom stereocenters. The minimum atomic E-state index is -4.54. The van der Waals surface area contributed by atoms with Crippen LogP contribution in [0.15, 0.2) is 48.7 Å². The maximum atomic E-state index is 13.5. The Morgan fingerprint density at radius 1 is 1.17 bits per heavy atom. The van der Waals surface area contributed by atoms with Crippen molar-refractivity contribution in [3.63, 3.8) is 0 Å². The molecule has 0 saturated heterocycles. The lowest BCUT2D eigenvalue weighted by Crippen LogP contribution is -2.10. The summed E-state index contributed by atoms with van der Waals surface area (Å²) in [6, 6.07) is 10.6. The Balaban J connectivity index is 2.11. The molecule has 0 spiro atoms. The molecule has 0 amide bonds. The van der Waals surface area contributed by atoms with Gasteiger partial charge in [-0.2, -0.15) is 13.2 Å². The number of carbonyl (C=O) groups is 1. The highest BCUT2D eigenvalue weighted by molar-refractivity contribution is 6.31. The zero-order valence-corrected chi connectivity index (χ0v) is 15.8. The predicted octanol–water partition coefficient (Wildman–Crippen LogP) is 5.92. The van der Waals surface area contributed by atoms with Gasteiger partial charge in [0.1, 0.15) is 6.54 Å². The van der Waals surface area contributed by atoms with E-state index in [1.807, 2.05) is 0 Å². The van der Waals surface area contributed by atoms with Gasteiger partial charge in [-0.1, -0.05) is 23.7 Å². The molecule has 0 fully saturated rings. The molecule has 4 nitrogen and oxygen atoms in total. The standard InChI is InChI=1S/C21H14ClF3N2O2/c1-11-19(15-9-12(22)5-6-17(15)27(11)10-18(28)29)13-7-8-26-20-14(13)3-2-4-16(20)21(23,24)25/h2-9H,10H2,1H3,(H,28,29). The zero-order chi connectivity index (χ0) is 20.9. The molecular weight excluding hydrogens is 405 g/mol. The van der Waals surface area contributed by atoms with E-state index in [0.29, 0.717) is 38.1 Å². The predicted molar refractivity (Wildman–Crippen MR) is 105 cm³/mol. The first-order valence-electron chi connectivity index (χ1n) is 8.64. The molecule has 2 aromatic heterocycles. The number of rotatable bonds is 3. The molecule has 0 aliphatic rings. The van der Waals surface area contributed by atoms with Crippen molar-refractivity contribution in [3.05, 3.63) is 64.9 Å². The smallest absolute Gasteiger partial charge is 0.418 e. The molecule has 0 saturated carbocycles. The first-order chi connectivity index (χ1) is 13.7. The van der Waals surface area contributed by atoms with Gasteiger partial charge in [-0.3, -0.25) is 9.78 Å². The van der Waals surface area contributed by atoms with Crippen molar-refractivity contribution < 1.29 is 23.1 Å². The molecule has 0 aliphatic heterocycles. The average Bonchev–Trinajstić information content (AvgIpc) is 2.90. The number of para-hydroxylation sites is 1. The van der Waals surface area contributed by atoms with Crippen LogP contribution in [0.1, 0.15) is 11.3 Å². The summed E-state index contributed by atoms with van der Waals surface area (Å²) in [6.07, 6.45) is -3.21. The first-order valence-corrected chi connectivity index (χ1v) is 9.01. The van der Waals surface area contributed by atoms with Gasteiger partial charge >= 0.3 is 12.1 Å². The van der Waals surface area contributed by atoms with Crippen molar-refractivity contribution in [1.82, 2.24) is 9.55 Å². The number of fused-ring (bicyclic) bond motifs is 2. The lowest BCUT2D eigenvalue weighted by atomic mass is 9.97. The van der Waals surface area contributed by atoms with Crippen molar-refractivity contribution in [2.75, 3.05) is 0 Å². The molecule has 1 N–H and O–H groups in total. The summed E-state index contributed by atoms with van der Waals surface area (Å²) in [5.74, 6) is -1.02. The maximum Gasteiger partial charge on any atom is 0.418 e. The molecule has 2 heterocycles. The molecule has 4 rings (SSSR count). The highest BCUT2D eigenvalue weighted by Crippen LogP contribution is 2.41.